The van der Waals surface area contributed by atoms with Crippen LogP contribution in [0.15, 0.2) is 11.3 Å². The van der Waals surface area contributed by atoms with Crippen LogP contribution in [0, 0.1) is 0 Å². The summed E-state index contributed by atoms with van der Waals surface area (Å²) in [5.41, 5.74) is 0.543. The fourth-order valence-electron chi connectivity index (χ4n) is 3.16. The fourth-order valence-corrected chi connectivity index (χ4v) is 3.33. The van der Waals surface area contributed by atoms with Crippen molar-refractivity contribution in [3.05, 3.63) is 11.3 Å². The summed E-state index contributed by atoms with van der Waals surface area (Å²) in [7, 11) is 0. The maximum absolute atomic E-state index is 11.7. The highest BCUT2D eigenvalue weighted by Crippen LogP contribution is 2.14. The van der Waals surface area contributed by atoms with Crippen LogP contribution in [0.4, 0.5) is 0 Å². The van der Waals surface area contributed by atoms with Gasteiger partial charge in [-0.2, -0.15) is 0 Å². The Morgan fingerprint density at radius 3 is 1.41 bits per heavy atom. The summed E-state index contributed by atoms with van der Waals surface area (Å²) in [6.07, 6.45) is 21.6. The van der Waals surface area contributed by atoms with Crippen molar-refractivity contribution in [2.75, 3.05) is 6.61 Å². The van der Waals surface area contributed by atoms with E-state index in [-0.39, 0.29) is 5.97 Å². The molecule has 4 heteroatoms. The quantitative estimate of drug-likeness (QED) is 0.0765. The van der Waals surface area contributed by atoms with Gasteiger partial charge in [0.25, 0.3) is 0 Å². The Balaban J connectivity index is 3.24. The summed E-state index contributed by atoms with van der Waals surface area (Å²) in [4.78, 5) is 11.7. The van der Waals surface area contributed by atoms with Gasteiger partial charge in [0.05, 0.1) is 17.9 Å². The van der Waals surface area contributed by atoms with Gasteiger partial charge in [0.15, 0.2) is 0 Å². The van der Waals surface area contributed by atoms with Crippen LogP contribution in [0.3, 0.4) is 0 Å². The molecule has 0 aliphatic carbocycles. The number of carbonyl (C=O) groups excluding carboxylic acids is 1. The Hall–Kier alpha value is -0.458. The predicted octanol–water partition coefficient (Wildman–Crippen LogP) is 7.19. The third-order valence-electron chi connectivity index (χ3n) is 5.24. The molecular formula is C23H43AlO3. The second kappa shape index (κ2) is 20.3. The molecule has 0 spiro atoms. The molecule has 156 valence electrons. The SMILES string of the molecule is CCCCCCCCCCCCCCCCCCOC(=O)/C(C)=C(/C)[O][Al]. The summed E-state index contributed by atoms with van der Waals surface area (Å²) in [6.45, 7) is 6.29. The molecule has 0 rings (SSSR count). The van der Waals surface area contributed by atoms with Gasteiger partial charge >= 0.3 is 22.6 Å². The lowest BCUT2D eigenvalue weighted by atomic mass is 10.0. The van der Waals surface area contributed by atoms with E-state index in [4.69, 9.17) is 8.53 Å². The predicted molar refractivity (Wildman–Crippen MR) is 116 cm³/mol. The average molecular weight is 395 g/mol. The van der Waals surface area contributed by atoms with Gasteiger partial charge in [-0.3, -0.25) is 0 Å². The van der Waals surface area contributed by atoms with E-state index < -0.39 is 0 Å². The molecule has 0 amide bonds. The first kappa shape index (κ1) is 26.5. The molecule has 0 N–H and O–H groups in total. The van der Waals surface area contributed by atoms with E-state index in [1.807, 2.05) is 0 Å². The Morgan fingerprint density at radius 2 is 1.04 bits per heavy atom. The Labute approximate surface area is 177 Å². The van der Waals surface area contributed by atoms with E-state index >= 15 is 0 Å². The smallest absolute Gasteiger partial charge is 0.481 e. The number of allylic oxidation sites excluding steroid dienone is 1. The van der Waals surface area contributed by atoms with E-state index in [1.165, 1.54) is 89.9 Å². The molecule has 2 radical (unpaired) electrons. The zero-order valence-electron chi connectivity index (χ0n) is 18.3. The first-order chi connectivity index (χ1) is 13.1. The molecule has 0 fully saturated rings. The van der Waals surface area contributed by atoms with Gasteiger partial charge < -0.3 is 8.53 Å². The minimum absolute atomic E-state index is 0.268. The van der Waals surface area contributed by atoms with Crippen molar-refractivity contribution in [3.63, 3.8) is 0 Å². The van der Waals surface area contributed by atoms with Crippen molar-refractivity contribution in [2.45, 2.75) is 124 Å². The summed E-state index contributed by atoms with van der Waals surface area (Å²) >= 11 is 2.15. The van der Waals surface area contributed by atoms with E-state index in [2.05, 4.69) is 23.5 Å². The highest BCUT2D eigenvalue weighted by Gasteiger charge is 2.08. The average Bonchev–Trinajstić information content (AvgIpc) is 2.68. The number of hydrogen-bond donors (Lipinski definition) is 0. The van der Waals surface area contributed by atoms with E-state index in [1.54, 1.807) is 13.8 Å². The normalized spacial score (nSPS) is 12.0. The van der Waals surface area contributed by atoms with Gasteiger partial charge in [-0.15, -0.1) is 0 Å². The second-order valence-electron chi connectivity index (χ2n) is 7.74. The number of carbonyl (C=O) groups is 1. The summed E-state index contributed by atoms with van der Waals surface area (Å²) in [6, 6.07) is 0. The van der Waals surface area contributed by atoms with Crippen molar-refractivity contribution < 1.29 is 13.3 Å². The molecule has 0 aromatic heterocycles. The van der Waals surface area contributed by atoms with Gasteiger partial charge in [-0.25, -0.2) is 4.79 Å². The minimum atomic E-state index is -0.268. The lowest BCUT2D eigenvalue weighted by Crippen LogP contribution is -2.09. The molecule has 0 atom stereocenters. The Bertz CT molecular complexity index is 380. The molecule has 0 aromatic rings. The van der Waals surface area contributed by atoms with Crippen LogP contribution < -0.4 is 0 Å². The zero-order chi connectivity index (χ0) is 20.2. The highest BCUT2D eigenvalue weighted by atomic mass is 27.1. The lowest BCUT2D eigenvalue weighted by Gasteiger charge is -2.09. The first-order valence-electron chi connectivity index (χ1n) is 11.3. The molecular weight excluding hydrogens is 351 g/mol. The number of rotatable bonds is 19. The Kier molecular flexibility index (Phi) is 19.9. The molecule has 0 aromatic carbocycles. The van der Waals surface area contributed by atoms with Crippen molar-refractivity contribution in [2.24, 2.45) is 0 Å². The molecule has 0 saturated heterocycles. The van der Waals surface area contributed by atoms with Crippen LogP contribution >= 0.6 is 0 Å². The van der Waals surface area contributed by atoms with Crippen LogP contribution in [0.25, 0.3) is 0 Å². The van der Waals surface area contributed by atoms with Gasteiger partial charge in [-0.1, -0.05) is 103 Å². The number of esters is 1. The minimum Gasteiger partial charge on any atom is -0.657 e. The number of unbranched alkanes of at least 4 members (excludes halogenated alkanes) is 15. The number of hydrogen-bond acceptors (Lipinski definition) is 3. The molecule has 3 nitrogen and oxygen atoms in total. The summed E-state index contributed by atoms with van der Waals surface area (Å²) in [5.74, 6) is 0.327. The molecule has 0 heterocycles. The highest BCUT2D eigenvalue weighted by molar-refractivity contribution is 5.99. The van der Waals surface area contributed by atoms with Gasteiger partial charge in [0, 0.05) is 0 Å². The van der Waals surface area contributed by atoms with Crippen LogP contribution in [0.1, 0.15) is 124 Å². The fraction of sp³-hybridized carbons (Fsp3) is 0.870. The molecule has 0 bridgehead atoms. The van der Waals surface area contributed by atoms with Crippen molar-refractivity contribution in [1.29, 1.82) is 0 Å². The van der Waals surface area contributed by atoms with Crippen molar-refractivity contribution in [3.8, 4) is 0 Å². The molecule has 0 aliphatic rings. The van der Waals surface area contributed by atoms with Crippen molar-refractivity contribution in [1.82, 2.24) is 0 Å². The van der Waals surface area contributed by atoms with Gasteiger partial charge in [0.1, 0.15) is 0 Å². The lowest BCUT2D eigenvalue weighted by molar-refractivity contribution is -0.139. The zero-order valence-corrected chi connectivity index (χ0v) is 19.5. The van der Waals surface area contributed by atoms with Crippen LogP contribution in [-0.2, 0) is 13.3 Å². The summed E-state index contributed by atoms with van der Waals surface area (Å²) in [5, 5.41) is 0. The van der Waals surface area contributed by atoms with Crippen molar-refractivity contribution >= 4 is 22.6 Å². The maximum atomic E-state index is 11.7. The van der Waals surface area contributed by atoms with Crippen LogP contribution in [0.5, 0.6) is 0 Å². The molecule has 0 saturated carbocycles. The third-order valence-corrected chi connectivity index (χ3v) is 5.60. The number of ether oxygens (including phenoxy) is 1. The largest absolute Gasteiger partial charge is 0.657 e. The monoisotopic (exact) mass is 394 g/mol. The van der Waals surface area contributed by atoms with Gasteiger partial charge in [0.2, 0.25) is 0 Å². The molecule has 0 aliphatic heterocycles. The van der Waals surface area contributed by atoms with Crippen LogP contribution in [0.2, 0.25) is 0 Å². The van der Waals surface area contributed by atoms with E-state index in [0.717, 1.165) is 12.8 Å². The Morgan fingerprint density at radius 1 is 0.667 bits per heavy atom. The topological polar surface area (TPSA) is 35.5 Å². The standard InChI is InChI=1S/C23H44O3.Al/c1-4-5-6-7-8-9-10-11-12-13-14-15-16-17-18-19-20-26-23(25)21(2)22(3)24;/h24H,4-20H2,1-3H3;/q;+1/p-1/b22-21-;. The van der Waals surface area contributed by atoms with Gasteiger partial charge in [-0.05, 0) is 20.3 Å². The molecule has 0 unspecified atom stereocenters. The second-order valence-corrected chi connectivity index (χ2v) is 7.97. The van der Waals surface area contributed by atoms with E-state index in [9.17, 15) is 4.79 Å². The summed E-state index contributed by atoms with van der Waals surface area (Å²) < 4.78 is 10.2. The van der Waals surface area contributed by atoms with E-state index in [0.29, 0.717) is 17.9 Å². The van der Waals surface area contributed by atoms with Crippen LogP contribution in [-0.4, -0.2) is 29.2 Å². The first-order valence-corrected chi connectivity index (χ1v) is 11.8. The molecule has 27 heavy (non-hydrogen) atoms. The maximum Gasteiger partial charge on any atom is 0.481 e. The third kappa shape index (κ3) is 17.4.